The molecule has 0 spiro atoms. The summed E-state index contributed by atoms with van der Waals surface area (Å²) in [7, 11) is 0. The van der Waals surface area contributed by atoms with E-state index in [0.29, 0.717) is 0 Å². The fourth-order valence-electron chi connectivity index (χ4n) is 1.41. The van der Waals surface area contributed by atoms with Gasteiger partial charge in [-0.2, -0.15) is 26.3 Å². The Morgan fingerprint density at radius 1 is 1.05 bits per heavy atom. The molecule has 1 rings (SSSR count). The molecule has 0 bridgehead atoms. The van der Waals surface area contributed by atoms with Crippen molar-refractivity contribution in [3.63, 3.8) is 0 Å². The number of primary amides is 1. The summed E-state index contributed by atoms with van der Waals surface area (Å²) in [6, 6.07) is -0.175. The normalized spacial score (nSPS) is 12.3. The van der Waals surface area contributed by atoms with Gasteiger partial charge in [0, 0.05) is 5.56 Å². The SMILES string of the molecule is NC(=O)c1cc(C(F)(F)F)c([N+](=O)[O-])c(C(F)(F)F)c1. The summed E-state index contributed by atoms with van der Waals surface area (Å²) in [5.74, 6) is -1.57. The third-order valence-corrected chi connectivity index (χ3v) is 2.19. The molecule has 5 nitrogen and oxygen atoms in total. The maximum absolute atomic E-state index is 12.6. The summed E-state index contributed by atoms with van der Waals surface area (Å²) < 4.78 is 75.6. The molecule has 0 saturated carbocycles. The molecule has 0 fully saturated rings. The van der Waals surface area contributed by atoms with Gasteiger partial charge in [0.15, 0.2) is 0 Å². The average molecular weight is 302 g/mol. The number of nitro benzene ring substituents is 1. The minimum absolute atomic E-state index is 0.0876. The van der Waals surface area contributed by atoms with E-state index in [0.717, 1.165) is 0 Å². The molecule has 2 N–H and O–H groups in total. The van der Waals surface area contributed by atoms with Gasteiger partial charge in [-0.3, -0.25) is 14.9 Å². The van der Waals surface area contributed by atoms with Crippen LogP contribution in [0.2, 0.25) is 0 Å². The highest BCUT2D eigenvalue weighted by Crippen LogP contribution is 2.44. The van der Waals surface area contributed by atoms with Gasteiger partial charge in [0.2, 0.25) is 5.91 Å². The minimum atomic E-state index is -5.45. The Morgan fingerprint density at radius 3 is 1.60 bits per heavy atom. The largest absolute Gasteiger partial charge is 0.423 e. The zero-order valence-corrected chi connectivity index (χ0v) is 9.17. The van der Waals surface area contributed by atoms with E-state index in [1.54, 1.807) is 0 Å². The number of alkyl halides is 6. The van der Waals surface area contributed by atoms with Gasteiger partial charge in [0.25, 0.3) is 5.69 Å². The van der Waals surface area contributed by atoms with Gasteiger partial charge in [-0.05, 0) is 12.1 Å². The Balaban J connectivity index is 3.86. The molecule has 0 aliphatic heterocycles. The number of benzene rings is 1. The molecule has 11 heteroatoms. The number of rotatable bonds is 2. The average Bonchev–Trinajstić information content (AvgIpc) is 2.24. The molecule has 0 saturated heterocycles. The van der Waals surface area contributed by atoms with E-state index in [9.17, 15) is 41.3 Å². The van der Waals surface area contributed by atoms with Crippen molar-refractivity contribution in [3.8, 4) is 0 Å². The molecular weight excluding hydrogens is 298 g/mol. The van der Waals surface area contributed by atoms with Gasteiger partial charge in [-0.15, -0.1) is 0 Å². The van der Waals surface area contributed by atoms with E-state index >= 15 is 0 Å². The molecule has 0 atom stereocenters. The van der Waals surface area contributed by atoms with Crippen LogP contribution in [-0.4, -0.2) is 10.8 Å². The predicted octanol–water partition coefficient (Wildman–Crippen LogP) is 2.73. The Bertz CT molecular complexity index is 543. The topological polar surface area (TPSA) is 86.2 Å². The van der Waals surface area contributed by atoms with Crippen LogP contribution >= 0.6 is 0 Å². The van der Waals surface area contributed by atoms with E-state index in [1.165, 1.54) is 0 Å². The van der Waals surface area contributed by atoms with Gasteiger partial charge >= 0.3 is 12.4 Å². The van der Waals surface area contributed by atoms with Crippen molar-refractivity contribution >= 4 is 11.6 Å². The summed E-state index contributed by atoms with van der Waals surface area (Å²) in [6.07, 6.45) is -10.9. The lowest BCUT2D eigenvalue weighted by atomic mass is 10.0. The first-order valence-corrected chi connectivity index (χ1v) is 4.62. The maximum Gasteiger partial charge on any atom is 0.423 e. The Kier molecular flexibility index (Phi) is 3.66. The lowest BCUT2D eigenvalue weighted by Crippen LogP contribution is -2.20. The number of nitrogens with two attached hydrogens (primary N) is 1. The summed E-state index contributed by atoms with van der Waals surface area (Å²) in [5, 5.41) is 10.5. The first-order chi connectivity index (χ1) is 8.85. The zero-order chi connectivity index (χ0) is 15.9. The van der Waals surface area contributed by atoms with Crippen LogP contribution in [-0.2, 0) is 12.4 Å². The molecule has 0 aliphatic rings. The number of nitro groups is 1. The van der Waals surface area contributed by atoms with E-state index in [1.807, 2.05) is 0 Å². The van der Waals surface area contributed by atoms with Crippen molar-refractivity contribution in [2.75, 3.05) is 0 Å². The molecular formula is C9H4F6N2O3. The Hall–Kier alpha value is -2.33. The van der Waals surface area contributed by atoms with Gasteiger partial charge in [0.05, 0.1) is 4.92 Å². The van der Waals surface area contributed by atoms with Crippen LogP contribution in [0.3, 0.4) is 0 Å². The van der Waals surface area contributed by atoms with Crippen molar-refractivity contribution in [3.05, 3.63) is 38.9 Å². The third kappa shape index (κ3) is 2.97. The van der Waals surface area contributed by atoms with E-state index < -0.39 is 45.6 Å². The summed E-state index contributed by atoms with van der Waals surface area (Å²) in [6.45, 7) is 0. The fourth-order valence-corrected chi connectivity index (χ4v) is 1.41. The first kappa shape index (κ1) is 15.7. The second kappa shape index (κ2) is 4.65. The molecule has 0 unspecified atom stereocenters. The number of nitrogens with zero attached hydrogens (tertiary/aromatic N) is 1. The molecule has 20 heavy (non-hydrogen) atoms. The van der Waals surface area contributed by atoms with Gasteiger partial charge in [-0.1, -0.05) is 0 Å². The van der Waals surface area contributed by atoms with Gasteiger partial charge in [0.1, 0.15) is 11.1 Å². The van der Waals surface area contributed by atoms with E-state index in [2.05, 4.69) is 5.73 Å². The number of carbonyl (C=O) groups is 1. The minimum Gasteiger partial charge on any atom is -0.366 e. The Labute approximate surface area is 106 Å². The molecule has 0 aromatic heterocycles. The second-order valence-electron chi connectivity index (χ2n) is 3.54. The first-order valence-electron chi connectivity index (χ1n) is 4.62. The molecule has 1 aromatic rings. The number of carbonyl (C=O) groups excluding carboxylic acids is 1. The monoisotopic (exact) mass is 302 g/mol. The number of amides is 1. The van der Waals surface area contributed by atoms with Crippen molar-refractivity contribution < 1.29 is 36.1 Å². The van der Waals surface area contributed by atoms with Crippen LogP contribution in [0.1, 0.15) is 21.5 Å². The fraction of sp³-hybridized carbons (Fsp3) is 0.222. The predicted molar refractivity (Wildman–Crippen MR) is 51.6 cm³/mol. The highest BCUT2D eigenvalue weighted by molar-refractivity contribution is 5.93. The molecule has 0 aliphatic carbocycles. The van der Waals surface area contributed by atoms with Crippen LogP contribution in [0.5, 0.6) is 0 Å². The van der Waals surface area contributed by atoms with Crippen LogP contribution in [0.15, 0.2) is 12.1 Å². The number of hydrogen-bond acceptors (Lipinski definition) is 3. The standard InChI is InChI=1S/C9H4F6N2O3/c10-8(11,12)4-1-3(7(16)18)2-5(9(13,14)15)6(4)17(19)20/h1-2H,(H2,16,18). The quantitative estimate of drug-likeness (QED) is 0.517. The van der Waals surface area contributed by atoms with Crippen molar-refractivity contribution in [2.24, 2.45) is 5.73 Å². The smallest absolute Gasteiger partial charge is 0.366 e. The number of hydrogen-bond donors (Lipinski definition) is 1. The highest BCUT2D eigenvalue weighted by atomic mass is 19.4. The zero-order valence-electron chi connectivity index (χ0n) is 9.17. The summed E-state index contributed by atoms with van der Waals surface area (Å²) in [4.78, 5) is 19.5. The van der Waals surface area contributed by atoms with Crippen molar-refractivity contribution in [2.45, 2.75) is 12.4 Å². The Morgan fingerprint density at radius 2 is 1.40 bits per heavy atom. The lowest BCUT2D eigenvalue weighted by molar-refractivity contribution is -0.391. The molecule has 1 amide bonds. The van der Waals surface area contributed by atoms with Crippen molar-refractivity contribution in [1.82, 2.24) is 0 Å². The van der Waals surface area contributed by atoms with Crippen LogP contribution in [0, 0.1) is 10.1 Å². The lowest BCUT2D eigenvalue weighted by Gasteiger charge is -2.14. The summed E-state index contributed by atoms with van der Waals surface area (Å²) >= 11 is 0. The van der Waals surface area contributed by atoms with Crippen LogP contribution in [0.25, 0.3) is 0 Å². The molecule has 0 radical (unpaired) electrons. The van der Waals surface area contributed by atoms with Crippen LogP contribution in [0.4, 0.5) is 32.0 Å². The second-order valence-corrected chi connectivity index (χ2v) is 3.54. The molecule has 110 valence electrons. The molecule has 1 aromatic carbocycles. The van der Waals surface area contributed by atoms with Gasteiger partial charge in [-0.25, -0.2) is 0 Å². The highest BCUT2D eigenvalue weighted by Gasteiger charge is 2.47. The van der Waals surface area contributed by atoms with E-state index in [4.69, 9.17) is 0 Å². The maximum atomic E-state index is 12.6. The number of halogens is 6. The molecule has 0 heterocycles. The third-order valence-electron chi connectivity index (χ3n) is 2.19. The van der Waals surface area contributed by atoms with Crippen molar-refractivity contribution in [1.29, 1.82) is 0 Å². The summed E-state index contributed by atoms with van der Waals surface area (Å²) in [5.41, 5.74) is -3.06. The van der Waals surface area contributed by atoms with E-state index in [-0.39, 0.29) is 12.1 Å². The van der Waals surface area contributed by atoms with Crippen LogP contribution < -0.4 is 5.73 Å². The van der Waals surface area contributed by atoms with Gasteiger partial charge < -0.3 is 5.73 Å².